The van der Waals surface area contributed by atoms with Crippen molar-refractivity contribution in [3.63, 3.8) is 0 Å². The first-order valence-electron chi connectivity index (χ1n) is 5.61. The molecule has 0 saturated heterocycles. The molecule has 0 fully saturated rings. The molecule has 0 spiro atoms. The highest BCUT2D eigenvalue weighted by Crippen LogP contribution is 2.25. The molecule has 0 aliphatic heterocycles. The van der Waals surface area contributed by atoms with Crippen LogP contribution in [0.15, 0.2) is 41.0 Å². The van der Waals surface area contributed by atoms with Gasteiger partial charge in [0.05, 0.1) is 21.8 Å². The lowest BCUT2D eigenvalue weighted by Gasteiger charge is -2.15. The molecule has 0 saturated carbocycles. The Morgan fingerprint density at radius 3 is 2.58 bits per heavy atom. The lowest BCUT2D eigenvalue weighted by atomic mass is 10.0. The fraction of sp³-hybridized carbons (Fsp3) is 0.154. The molecule has 0 aliphatic carbocycles. The molecule has 2 rings (SSSR count). The summed E-state index contributed by atoms with van der Waals surface area (Å²) in [4.78, 5) is 4.34. The van der Waals surface area contributed by atoms with Crippen LogP contribution in [0.3, 0.4) is 0 Å². The molecular weight excluding hydrogens is 349 g/mol. The van der Waals surface area contributed by atoms with Crippen LogP contribution in [-0.4, -0.2) is 4.98 Å². The second kappa shape index (κ2) is 6.68. The summed E-state index contributed by atoms with van der Waals surface area (Å²) in [5.41, 5.74) is 4.68. The van der Waals surface area contributed by atoms with Gasteiger partial charge in [-0.05, 0) is 52.2 Å². The predicted octanol–water partition coefficient (Wildman–Crippen LogP) is 3.90. The first-order valence-corrected chi connectivity index (χ1v) is 7.16. The third-order valence-electron chi connectivity index (χ3n) is 2.73. The topological polar surface area (TPSA) is 50.9 Å². The number of benzene rings is 1. The van der Waals surface area contributed by atoms with Gasteiger partial charge < -0.3 is 0 Å². The lowest BCUT2D eigenvalue weighted by molar-refractivity contribution is 0.538. The number of hydrogen-bond acceptors (Lipinski definition) is 3. The van der Waals surface area contributed by atoms with E-state index in [0.717, 1.165) is 15.7 Å². The van der Waals surface area contributed by atoms with Crippen LogP contribution in [-0.2, 0) is 6.42 Å². The highest BCUT2D eigenvalue weighted by molar-refractivity contribution is 9.10. The second-order valence-corrected chi connectivity index (χ2v) is 5.80. The molecule has 19 heavy (non-hydrogen) atoms. The van der Waals surface area contributed by atoms with Gasteiger partial charge in [0.15, 0.2) is 0 Å². The Morgan fingerprint density at radius 1 is 1.21 bits per heavy atom. The van der Waals surface area contributed by atoms with Gasteiger partial charge in [-0.3, -0.25) is 16.3 Å². The minimum Gasteiger partial charge on any atom is -0.271 e. The van der Waals surface area contributed by atoms with Gasteiger partial charge in [0.1, 0.15) is 0 Å². The monoisotopic (exact) mass is 359 g/mol. The zero-order valence-electron chi connectivity index (χ0n) is 9.91. The van der Waals surface area contributed by atoms with E-state index in [9.17, 15) is 0 Å². The first-order chi connectivity index (χ1) is 9.10. The fourth-order valence-electron chi connectivity index (χ4n) is 1.74. The summed E-state index contributed by atoms with van der Waals surface area (Å²) >= 11 is 15.3. The summed E-state index contributed by atoms with van der Waals surface area (Å²) in [5, 5.41) is 1.09. The van der Waals surface area contributed by atoms with Crippen LogP contribution in [0.5, 0.6) is 0 Å². The van der Waals surface area contributed by atoms with Crippen LogP contribution >= 0.6 is 39.1 Å². The van der Waals surface area contributed by atoms with E-state index in [-0.39, 0.29) is 6.04 Å². The van der Waals surface area contributed by atoms with Gasteiger partial charge >= 0.3 is 0 Å². The van der Waals surface area contributed by atoms with Crippen molar-refractivity contribution in [2.45, 2.75) is 12.5 Å². The third-order valence-corrected chi connectivity index (χ3v) is 3.94. The standard InChI is InChI=1S/C13H12BrCl2N3/c14-9-2-4-12(18-7-9)13(19-17)6-8-1-3-10(15)11(16)5-8/h1-5,7,13,19H,6,17H2. The molecule has 0 amide bonds. The first kappa shape index (κ1) is 14.8. The molecular formula is C13H12BrCl2N3. The molecule has 1 heterocycles. The Labute approximate surface area is 130 Å². The van der Waals surface area contributed by atoms with Crippen molar-refractivity contribution >= 4 is 39.1 Å². The summed E-state index contributed by atoms with van der Waals surface area (Å²) in [7, 11) is 0. The van der Waals surface area contributed by atoms with E-state index in [4.69, 9.17) is 29.0 Å². The molecule has 1 aromatic heterocycles. The normalized spacial score (nSPS) is 12.4. The van der Waals surface area contributed by atoms with Gasteiger partial charge in [0.2, 0.25) is 0 Å². The van der Waals surface area contributed by atoms with Crippen molar-refractivity contribution < 1.29 is 0 Å². The van der Waals surface area contributed by atoms with Gasteiger partial charge in [0.25, 0.3) is 0 Å². The smallest absolute Gasteiger partial charge is 0.0672 e. The molecule has 100 valence electrons. The van der Waals surface area contributed by atoms with E-state index in [2.05, 4.69) is 26.3 Å². The van der Waals surface area contributed by atoms with Crippen molar-refractivity contribution in [3.05, 3.63) is 62.3 Å². The molecule has 3 N–H and O–H groups in total. The second-order valence-electron chi connectivity index (χ2n) is 4.07. The van der Waals surface area contributed by atoms with E-state index >= 15 is 0 Å². The maximum Gasteiger partial charge on any atom is 0.0672 e. The number of nitrogens with zero attached hydrogens (tertiary/aromatic N) is 1. The van der Waals surface area contributed by atoms with Crippen molar-refractivity contribution in [2.75, 3.05) is 0 Å². The number of hydrogen-bond donors (Lipinski definition) is 2. The SMILES string of the molecule is NNC(Cc1ccc(Cl)c(Cl)c1)c1ccc(Br)cn1. The van der Waals surface area contributed by atoms with Gasteiger partial charge in [0, 0.05) is 10.7 Å². The van der Waals surface area contributed by atoms with Gasteiger partial charge in [-0.15, -0.1) is 0 Å². The van der Waals surface area contributed by atoms with Crippen LogP contribution in [0.1, 0.15) is 17.3 Å². The van der Waals surface area contributed by atoms with E-state index in [0.29, 0.717) is 16.5 Å². The number of halogens is 3. The average Bonchev–Trinajstić information content (AvgIpc) is 2.41. The van der Waals surface area contributed by atoms with Crippen LogP contribution in [0.25, 0.3) is 0 Å². The molecule has 0 bridgehead atoms. The Balaban J connectivity index is 2.18. The number of aromatic nitrogens is 1. The number of hydrazine groups is 1. The summed E-state index contributed by atoms with van der Waals surface area (Å²) in [5.74, 6) is 5.60. The Hall–Kier alpha value is -0.650. The molecule has 1 atom stereocenters. The Kier molecular flexibility index (Phi) is 5.19. The molecule has 1 unspecified atom stereocenters. The van der Waals surface area contributed by atoms with Crippen LogP contribution in [0.2, 0.25) is 10.0 Å². The van der Waals surface area contributed by atoms with Crippen molar-refractivity contribution in [3.8, 4) is 0 Å². The van der Waals surface area contributed by atoms with Crippen LogP contribution in [0, 0.1) is 0 Å². The molecule has 0 radical (unpaired) electrons. The minimum atomic E-state index is -0.0784. The third kappa shape index (κ3) is 3.91. The number of pyridine rings is 1. The average molecular weight is 361 g/mol. The van der Waals surface area contributed by atoms with Crippen molar-refractivity contribution in [1.82, 2.24) is 10.4 Å². The van der Waals surface area contributed by atoms with Crippen LogP contribution < -0.4 is 11.3 Å². The van der Waals surface area contributed by atoms with Crippen molar-refractivity contribution in [2.24, 2.45) is 5.84 Å². The number of nitrogens with two attached hydrogens (primary N) is 1. The van der Waals surface area contributed by atoms with Gasteiger partial charge in [-0.2, -0.15) is 0 Å². The summed E-state index contributed by atoms with van der Waals surface area (Å²) in [6.07, 6.45) is 2.43. The molecule has 6 heteroatoms. The van der Waals surface area contributed by atoms with E-state index in [1.165, 1.54) is 0 Å². The zero-order chi connectivity index (χ0) is 13.8. The van der Waals surface area contributed by atoms with E-state index in [1.54, 1.807) is 12.3 Å². The zero-order valence-corrected chi connectivity index (χ0v) is 13.0. The molecule has 0 aliphatic rings. The van der Waals surface area contributed by atoms with E-state index in [1.807, 2.05) is 24.3 Å². The quantitative estimate of drug-likeness (QED) is 0.642. The molecule has 3 nitrogen and oxygen atoms in total. The predicted molar refractivity (Wildman–Crippen MR) is 82.2 cm³/mol. The summed E-state index contributed by atoms with van der Waals surface area (Å²) in [6, 6.07) is 9.32. The van der Waals surface area contributed by atoms with E-state index < -0.39 is 0 Å². The molecule has 2 aromatic rings. The van der Waals surface area contributed by atoms with Crippen LogP contribution in [0.4, 0.5) is 0 Å². The van der Waals surface area contributed by atoms with Gasteiger partial charge in [-0.25, -0.2) is 0 Å². The number of nitrogens with one attached hydrogen (secondary N) is 1. The maximum atomic E-state index is 6.00. The fourth-order valence-corrected chi connectivity index (χ4v) is 2.30. The minimum absolute atomic E-state index is 0.0784. The molecule has 1 aromatic carbocycles. The maximum absolute atomic E-state index is 6.00. The lowest BCUT2D eigenvalue weighted by Crippen LogP contribution is -2.30. The van der Waals surface area contributed by atoms with Crippen molar-refractivity contribution in [1.29, 1.82) is 0 Å². The Morgan fingerprint density at radius 2 is 2.00 bits per heavy atom. The number of rotatable bonds is 4. The summed E-state index contributed by atoms with van der Waals surface area (Å²) < 4.78 is 0.932. The summed E-state index contributed by atoms with van der Waals surface area (Å²) in [6.45, 7) is 0. The highest BCUT2D eigenvalue weighted by atomic mass is 79.9. The highest BCUT2D eigenvalue weighted by Gasteiger charge is 2.12. The van der Waals surface area contributed by atoms with Gasteiger partial charge in [-0.1, -0.05) is 29.3 Å². The Bertz CT molecular complexity index is 560. The largest absolute Gasteiger partial charge is 0.271 e.